The number of carboxylic acids is 1. The lowest BCUT2D eigenvalue weighted by Gasteiger charge is -2.11. The largest absolute Gasteiger partial charge is 0.478 e. The number of rotatable bonds is 5. The Morgan fingerprint density at radius 1 is 1.30 bits per heavy atom. The van der Waals surface area contributed by atoms with E-state index in [1.165, 1.54) is 0 Å². The number of carboxylic acid groups (broad SMARTS) is 1. The molecule has 20 heavy (non-hydrogen) atoms. The predicted octanol–water partition coefficient (Wildman–Crippen LogP) is 2.39. The lowest BCUT2D eigenvalue weighted by atomic mass is 10.1. The molecule has 1 N–H and O–H groups in total. The number of fused-ring (bicyclic) bond motifs is 1. The molecule has 1 aromatic heterocycles. The van der Waals surface area contributed by atoms with Crippen molar-refractivity contribution in [2.24, 2.45) is 0 Å². The van der Waals surface area contributed by atoms with Gasteiger partial charge in [-0.15, -0.1) is 0 Å². The zero-order chi connectivity index (χ0) is 14.5. The summed E-state index contributed by atoms with van der Waals surface area (Å²) in [7, 11) is 0. The summed E-state index contributed by atoms with van der Waals surface area (Å²) in [6.07, 6.45) is 1.89. The van der Waals surface area contributed by atoms with Crippen molar-refractivity contribution in [2.75, 3.05) is 0 Å². The molecule has 0 saturated carbocycles. The number of benzene rings is 1. The summed E-state index contributed by atoms with van der Waals surface area (Å²) >= 11 is 0. The number of carbonyl (C=O) groups is 1. The van der Waals surface area contributed by atoms with Crippen LogP contribution in [0.25, 0.3) is 10.9 Å². The smallest absolute Gasteiger partial charge is 0.336 e. The van der Waals surface area contributed by atoms with Gasteiger partial charge in [0.25, 0.3) is 5.56 Å². The van der Waals surface area contributed by atoms with Crippen molar-refractivity contribution in [2.45, 2.75) is 25.8 Å². The van der Waals surface area contributed by atoms with Crippen LogP contribution in [0.15, 0.2) is 35.1 Å². The molecule has 0 radical (unpaired) electrons. The highest BCUT2D eigenvalue weighted by Gasteiger charge is 2.13. The molecule has 0 amide bonds. The van der Waals surface area contributed by atoms with Gasteiger partial charge < -0.3 is 9.67 Å². The molecule has 0 atom stereocenters. The fourth-order valence-corrected chi connectivity index (χ4v) is 2.22. The lowest BCUT2D eigenvalue weighted by Crippen LogP contribution is -2.22. The Hall–Kier alpha value is -2.61. The van der Waals surface area contributed by atoms with Crippen LogP contribution >= 0.6 is 0 Å². The summed E-state index contributed by atoms with van der Waals surface area (Å²) in [5.74, 6) is -1.10. The van der Waals surface area contributed by atoms with Gasteiger partial charge >= 0.3 is 5.97 Å². The summed E-state index contributed by atoms with van der Waals surface area (Å²) in [4.78, 5) is 23.3. The van der Waals surface area contributed by atoms with Gasteiger partial charge in [-0.25, -0.2) is 4.79 Å². The van der Waals surface area contributed by atoms with E-state index in [0.29, 0.717) is 30.3 Å². The van der Waals surface area contributed by atoms with Crippen molar-refractivity contribution in [1.29, 1.82) is 5.26 Å². The summed E-state index contributed by atoms with van der Waals surface area (Å²) in [6, 6.07) is 10.2. The van der Waals surface area contributed by atoms with E-state index >= 15 is 0 Å². The second-order valence-electron chi connectivity index (χ2n) is 4.49. The van der Waals surface area contributed by atoms with Crippen molar-refractivity contribution >= 4 is 16.9 Å². The van der Waals surface area contributed by atoms with Crippen molar-refractivity contribution in [3.05, 3.63) is 46.2 Å². The van der Waals surface area contributed by atoms with Crippen molar-refractivity contribution < 1.29 is 9.90 Å². The zero-order valence-electron chi connectivity index (χ0n) is 10.9. The van der Waals surface area contributed by atoms with Crippen LogP contribution in [0.2, 0.25) is 0 Å². The van der Waals surface area contributed by atoms with Gasteiger partial charge in [0.1, 0.15) is 0 Å². The van der Waals surface area contributed by atoms with E-state index in [0.717, 1.165) is 12.5 Å². The quantitative estimate of drug-likeness (QED) is 0.845. The molecule has 0 aliphatic heterocycles. The molecule has 5 nitrogen and oxygen atoms in total. The van der Waals surface area contributed by atoms with E-state index in [4.69, 9.17) is 10.4 Å². The Bertz CT molecular complexity index is 741. The van der Waals surface area contributed by atoms with Crippen LogP contribution in [-0.4, -0.2) is 15.6 Å². The number of hydrogen-bond donors (Lipinski definition) is 1. The van der Waals surface area contributed by atoms with E-state index < -0.39 is 5.97 Å². The topological polar surface area (TPSA) is 83.1 Å². The maximum absolute atomic E-state index is 12.1. The fraction of sp³-hybridized carbons (Fsp3) is 0.267. The van der Waals surface area contributed by atoms with Crippen molar-refractivity contribution in [3.8, 4) is 6.07 Å². The molecule has 0 aliphatic carbocycles. The van der Waals surface area contributed by atoms with Crippen LogP contribution in [0, 0.1) is 11.3 Å². The summed E-state index contributed by atoms with van der Waals surface area (Å²) < 4.78 is 1.57. The maximum atomic E-state index is 12.1. The maximum Gasteiger partial charge on any atom is 0.336 e. The molecule has 0 spiro atoms. The SMILES string of the molecule is N#CCCCCn1c(=O)cc(C(=O)O)c2ccccc21. The van der Waals surface area contributed by atoms with E-state index in [1.54, 1.807) is 28.8 Å². The number of unbranched alkanes of at least 4 members (excludes halogenated alkanes) is 2. The molecule has 1 heterocycles. The summed E-state index contributed by atoms with van der Waals surface area (Å²) in [5.41, 5.74) is 0.325. The van der Waals surface area contributed by atoms with E-state index in [9.17, 15) is 9.59 Å². The molecule has 0 aliphatic rings. The summed E-state index contributed by atoms with van der Waals surface area (Å²) in [6.45, 7) is 0.487. The number of hydrogen-bond acceptors (Lipinski definition) is 3. The molecule has 0 fully saturated rings. The molecule has 2 aromatic rings. The third-order valence-corrected chi connectivity index (χ3v) is 3.17. The Kier molecular flexibility index (Phi) is 4.16. The van der Waals surface area contributed by atoms with E-state index in [-0.39, 0.29) is 11.1 Å². The minimum Gasteiger partial charge on any atom is -0.478 e. The van der Waals surface area contributed by atoms with Gasteiger partial charge in [0.2, 0.25) is 0 Å². The molecule has 0 unspecified atom stereocenters. The number of nitriles is 1. The number of aromatic nitrogens is 1. The monoisotopic (exact) mass is 270 g/mol. The zero-order valence-corrected chi connectivity index (χ0v) is 10.9. The van der Waals surface area contributed by atoms with Crippen LogP contribution in [0.5, 0.6) is 0 Å². The van der Waals surface area contributed by atoms with Crippen LogP contribution in [0.1, 0.15) is 29.6 Å². The van der Waals surface area contributed by atoms with Gasteiger partial charge in [-0.05, 0) is 18.9 Å². The third-order valence-electron chi connectivity index (χ3n) is 3.17. The molecule has 102 valence electrons. The standard InChI is InChI=1S/C15H14N2O3/c16-8-4-1-5-9-17-13-7-3-2-6-11(13)12(15(19)20)10-14(17)18/h2-3,6-7,10H,1,4-5,9H2,(H,19,20). The first kappa shape index (κ1) is 13.8. The second kappa shape index (κ2) is 6.02. The first-order valence-corrected chi connectivity index (χ1v) is 6.38. The highest BCUT2D eigenvalue weighted by atomic mass is 16.4. The first-order valence-electron chi connectivity index (χ1n) is 6.38. The average molecular weight is 270 g/mol. The van der Waals surface area contributed by atoms with Crippen molar-refractivity contribution in [3.63, 3.8) is 0 Å². The second-order valence-corrected chi connectivity index (χ2v) is 4.49. The fourth-order valence-electron chi connectivity index (χ4n) is 2.22. The van der Waals surface area contributed by atoms with E-state index in [1.807, 2.05) is 0 Å². The number of nitrogens with zero attached hydrogens (tertiary/aromatic N) is 2. The van der Waals surface area contributed by atoms with Gasteiger partial charge in [0, 0.05) is 24.4 Å². The molecule has 2 rings (SSSR count). The van der Waals surface area contributed by atoms with E-state index in [2.05, 4.69) is 6.07 Å². The van der Waals surface area contributed by atoms with Crippen LogP contribution in [0.4, 0.5) is 0 Å². The highest BCUT2D eigenvalue weighted by molar-refractivity contribution is 6.02. The van der Waals surface area contributed by atoms with Crippen molar-refractivity contribution in [1.82, 2.24) is 4.57 Å². The van der Waals surface area contributed by atoms with Crippen LogP contribution < -0.4 is 5.56 Å². The Morgan fingerprint density at radius 2 is 2.05 bits per heavy atom. The van der Waals surface area contributed by atoms with Crippen LogP contribution in [0.3, 0.4) is 0 Å². The van der Waals surface area contributed by atoms with Gasteiger partial charge in [0.15, 0.2) is 0 Å². The van der Waals surface area contributed by atoms with Gasteiger partial charge in [0.05, 0.1) is 17.1 Å². The normalized spacial score (nSPS) is 10.3. The molecule has 5 heteroatoms. The van der Waals surface area contributed by atoms with Crippen LogP contribution in [-0.2, 0) is 6.54 Å². The average Bonchev–Trinajstić information content (AvgIpc) is 2.44. The van der Waals surface area contributed by atoms with Gasteiger partial charge in [-0.1, -0.05) is 18.2 Å². The number of aromatic carboxylic acids is 1. The lowest BCUT2D eigenvalue weighted by molar-refractivity contribution is 0.0698. The summed E-state index contributed by atoms with van der Waals surface area (Å²) in [5, 5.41) is 18.2. The molecule has 0 saturated heterocycles. The molecule has 0 bridgehead atoms. The molecular formula is C15H14N2O3. The van der Waals surface area contributed by atoms with Gasteiger partial charge in [-0.3, -0.25) is 4.79 Å². The Morgan fingerprint density at radius 3 is 2.75 bits per heavy atom. The Labute approximate surface area is 115 Å². The molecular weight excluding hydrogens is 256 g/mol. The number of aryl methyl sites for hydroxylation is 1. The minimum absolute atomic E-state index is 0.0267. The number of pyridine rings is 1. The Balaban J connectivity index is 2.48. The third kappa shape index (κ3) is 2.69. The molecule has 1 aromatic carbocycles. The van der Waals surface area contributed by atoms with Gasteiger partial charge in [-0.2, -0.15) is 5.26 Å². The predicted molar refractivity (Wildman–Crippen MR) is 74.6 cm³/mol. The first-order chi connectivity index (χ1) is 9.65. The minimum atomic E-state index is -1.10. The number of para-hydroxylation sites is 1. The highest BCUT2D eigenvalue weighted by Crippen LogP contribution is 2.17.